The number of hydrogen-bond donors (Lipinski definition) is 1. The second-order valence-corrected chi connectivity index (χ2v) is 7.09. The van der Waals surface area contributed by atoms with Gasteiger partial charge in [-0.2, -0.15) is 0 Å². The van der Waals surface area contributed by atoms with Gasteiger partial charge in [-0.3, -0.25) is 9.19 Å². The SMILES string of the molecule is CC(CCNCc1ccc(Cl)c2cccnc12)S(C)=O. The van der Waals surface area contributed by atoms with Gasteiger partial charge in [0.2, 0.25) is 0 Å². The van der Waals surface area contributed by atoms with Crippen LogP contribution >= 0.6 is 11.6 Å². The summed E-state index contributed by atoms with van der Waals surface area (Å²) in [6, 6.07) is 7.79. The Bertz CT molecular complexity index is 618. The fourth-order valence-electron chi connectivity index (χ4n) is 2.03. The maximum Gasteiger partial charge on any atom is 0.0761 e. The van der Waals surface area contributed by atoms with Crippen molar-refractivity contribution in [1.29, 1.82) is 0 Å². The lowest BCUT2D eigenvalue weighted by atomic mass is 10.1. The van der Waals surface area contributed by atoms with E-state index < -0.39 is 10.8 Å². The minimum Gasteiger partial charge on any atom is -0.313 e. The number of nitrogens with zero attached hydrogens (tertiary/aromatic N) is 1. The molecule has 1 N–H and O–H groups in total. The molecule has 20 heavy (non-hydrogen) atoms. The minimum atomic E-state index is -0.753. The van der Waals surface area contributed by atoms with Crippen LogP contribution in [0.25, 0.3) is 10.9 Å². The van der Waals surface area contributed by atoms with Crippen molar-refractivity contribution < 1.29 is 4.21 Å². The molecule has 0 radical (unpaired) electrons. The molecule has 0 aliphatic heterocycles. The van der Waals surface area contributed by atoms with Crippen LogP contribution in [0.2, 0.25) is 5.02 Å². The molecule has 1 heterocycles. The zero-order chi connectivity index (χ0) is 14.5. The first-order valence-corrected chi connectivity index (χ1v) is 8.64. The summed E-state index contributed by atoms with van der Waals surface area (Å²) in [5.41, 5.74) is 2.08. The van der Waals surface area contributed by atoms with Crippen LogP contribution in [0.1, 0.15) is 18.9 Å². The summed E-state index contributed by atoms with van der Waals surface area (Å²) >= 11 is 6.17. The molecule has 3 nitrogen and oxygen atoms in total. The molecule has 5 heteroatoms. The molecule has 0 saturated carbocycles. The summed E-state index contributed by atoms with van der Waals surface area (Å²) in [4.78, 5) is 4.41. The summed E-state index contributed by atoms with van der Waals surface area (Å²) in [6.07, 6.45) is 4.44. The molecule has 0 fully saturated rings. The number of benzene rings is 1. The highest BCUT2D eigenvalue weighted by atomic mass is 35.5. The third-order valence-electron chi connectivity index (χ3n) is 3.41. The van der Waals surface area contributed by atoms with Crippen LogP contribution < -0.4 is 5.32 Å². The lowest BCUT2D eigenvalue weighted by Crippen LogP contribution is -2.21. The smallest absolute Gasteiger partial charge is 0.0761 e. The summed E-state index contributed by atoms with van der Waals surface area (Å²) in [5.74, 6) is 0. The Morgan fingerprint density at radius 3 is 2.95 bits per heavy atom. The maximum absolute atomic E-state index is 11.3. The molecule has 0 spiro atoms. The average molecular weight is 311 g/mol. The Kier molecular flexibility index (Phi) is 5.52. The number of nitrogens with one attached hydrogen (secondary N) is 1. The second kappa shape index (κ2) is 7.16. The topological polar surface area (TPSA) is 42.0 Å². The summed E-state index contributed by atoms with van der Waals surface area (Å²) in [7, 11) is -0.753. The zero-order valence-electron chi connectivity index (χ0n) is 11.7. The maximum atomic E-state index is 11.3. The van der Waals surface area contributed by atoms with Gasteiger partial charge in [0.1, 0.15) is 0 Å². The van der Waals surface area contributed by atoms with E-state index in [0.717, 1.165) is 41.0 Å². The lowest BCUT2D eigenvalue weighted by molar-refractivity contribution is 0.630. The van der Waals surface area contributed by atoms with E-state index in [0.29, 0.717) is 0 Å². The standard InChI is InChI=1S/C15H19ClN2OS/c1-11(20(2)19)7-9-17-10-12-5-6-14(16)13-4-3-8-18-15(12)13/h3-6,8,11,17H,7,9-10H2,1-2H3. The van der Waals surface area contributed by atoms with E-state index in [1.165, 1.54) is 0 Å². The van der Waals surface area contributed by atoms with Crippen molar-refractivity contribution in [2.45, 2.75) is 25.1 Å². The molecular weight excluding hydrogens is 292 g/mol. The first-order chi connectivity index (χ1) is 9.59. The van der Waals surface area contributed by atoms with Crippen molar-refractivity contribution in [2.24, 2.45) is 0 Å². The van der Waals surface area contributed by atoms with Gasteiger partial charge in [0, 0.05) is 45.5 Å². The van der Waals surface area contributed by atoms with Crippen LogP contribution in [0, 0.1) is 0 Å². The third kappa shape index (κ3) is 3.78. The number of halogens is 1. The summed E-state index contributed by atoms with van der Waals surface area (Å²) in [5, 5.41) is 5.32. The van der Waals surface area contributed by atoms with E-state index in [-0.39, 0.29) is 5.25 Å². The highest BCUT2D eigenvalue weighted by Gasteiger charge is 2.07. The third-order valence-corrected chi connectivity index (χ3v) is 5.11. The predicted octanol–water partition coefficient (Wildman–Crippen LogP) is 3.13. The Labute approximate surface area is 127 Å². The van der Waals surface area contributed by atoms with Crippen LogP contribution in [-0.2, 0) is 17.3 Å². The fourth-order valence-corrected chi connectivity index (χ4v) is 2.70. The van der Waals surface area contributed by atoms with Crippen LogP contribution in [0.5, 0.6) is 0 Å². The summed E-state index contributed by atoms with van der Waals surface area (Å²) in [6.45, 7) is 3.60. The van der Waals surface area contributed by atoms with E-state index in [9.17, 15) is 4.21 Å². The van der Waals surface area contributed by atoms with Crippen molar-refractivity contribution in [1.82, 2.24) is 10.3 Å². The Balaban J connectivity index is 2.00. The molecule has 0 aliphatic carbocycles. The van der Waals surface area contributed by atoms with Gasteiger partial charge in [0.05, 0.1) is 5.52 Å². The molecule has 0 aliphatic rings. The van der Waals surface area contributed by atoms with Gasteiger partial charge in [-0.05, 0) is 36.7 Å². The molecular formula is C15H19ClN2OS. The molecule has 108 valence electrons. The molecule has 2 aromatic rings. The van der Waals surface area contributed by atoms with Gasteiger partial charge in [-0.1, -0.05) is 24.6 Å². The van der Waals surface area contributed by atoms with Gasteiger partial charge in [0.15, 0.2) is 0 Å². The minimum absolute atomic E-state index is 0.225. The van der Waals surface area contributed by atoms with E-state index in [2.05, 4.69) is 10.3 Å². The van der Waals surface area contributed by atoms with Crippen LogP contribution in [0.4, 0.5) is 0 Å². The first-order valence-electron chi connectivity index (χ1n) is 6.64. The van der Waals surface area contributed by atoms with E-state index in [1.54, 1.807) is 12.5 Å². The Hall–Kier alpha value is -0.970. The molecule has 0 bridgehead atoms. The predicted molar refractivity (Wildman–Crippen MR) is 86.6 cm³/mol. The van der Waals surface area contributed by atoms with Crippen molar-refractivity contribution >= 4 is 33.3 Å². The van der Waals surface area contributed by atoms with Crippen LogP contribution in [-0.4, -0.2) is 27.2 Å². The molecule has 2 atom stereocenters. The number of pyridine rings is 1. The molecule has 0 saturated heterocycles. The van der Waals surface area contributed by atoms with Crippen LogP contribution in [0.3, 0.4) is 0 Å². The van der Waals surface area contributed by atoms with E-state index in [1.807, 2.05) is 31.2 Å². The van der Waals surface area contributed by atoms with Gasteiger partial charge in [0.25, 0.3) is 0 Å². The van der Waals surface area contributed by atoms with Crippen molar-refractivity contribution in [3.8, 4) is 0 Å². The molecule has 1 aromatic heterocycles. The molecule has 2 rings (SSSR count). The van der Waals surface area contributed by atoms with Crippen molar-refractivity contribution in [3.63, 3.8) is 0 Å². The van der Waals surface area contributed by atoms with E-state index in [4.69, 9.17) is 11.6 Å². The fraction of sp³-hybridized carbons (Fsp3) is 0.400. The van der Waals surface area contributed by atoms with Gasteiger partial charge in [-0.25, -0.2) is 0 Å². The number of aromatic nitrogens is 1. The van der Waals surface area contributed by atoms with E-state index >= 15 is 0 Å². The molecule has 1 aromatic carbocycles. The monoisotopic (exact) mass is 310 g/mol. The normalized spacial score (nSPS) is 14.3. The van der Waals surface area contributed by atoms with Gasteiger partial charge < -0.3 is 5.32 Å². The zero-order valence-corrected chi connectivity index (χ0v) is 13.3. The number of rotatable bonds is 6. The average Bonchev–Trinajstić information content (AvgIpc) is 2.45. The Morgan fingerprint density at radius 2 is 2.20 bits per heavy atom. The second-order valence-electron chi connectivity index (χ2n) is 4.88. The number of hydrogen-bond acceptors (Lipinski definition) is 3. The highest BCUT2D eigenvalue weighted by Crippen LogP contribution is 2.24. The molecule has 2 unspecified atom stereocenters. The van der Waals surface area contributed by atoms with Gasteiger partial charge in [-0.15, -0.1) is 0 Å². The molecule has 0 amide bonds. The first kappa shape index (κ1) is 15.4. The number of fused-ring (bicyclic) bond motifs is 1. The van der Waals surface area contributed by atoms with Crippen molar-refractivity contribution in [3.05, 3.63) is 41.0 Å². The van der Waals surface area contributed by atoms with Crippen molar-refractivity contribution in [2.75, 3.05) is 12.8 Å². The highest BCUT2D eigenvalue weighted by molar-refractivity contribution is 7.84. The quantitative estimate of drug-likeness (QED) is 0.834. The summed E-state index contributed by atoms with van der Waals surface area (Å²) < 4.78 is 11.3. The lowest BCUT2D eigenvalue weighted by Gasteiger charge is -2.11. The van der Waals surface area contributed by atoms with Crippen LogP contribution in [0.15, 0.2) is 30.5 Å². The largest absolute Gasteiger partial charge is 0.313 e. The Morgan fingerprint density at radius 1 is 1.40 bits per heavy atom. The van der Waals surface area contributed by atoms with Gasteiger partial charge >= 0.3 is 0 Å².